The molecule has 4 nitrogen and oxygen atoms in total. The van der Waals surface area contributed by atoms with E-state index in [9.17, 15) is 9.18 Å². The van der Waals surface area contributed by atoms with Crippen LogP contribution in [-0.2, 0) is 6.54 Å². The molecular formula is C26H31ClFN3O. The lowest BCUT2D eigenvalue weighted by atomic mass is 10.0. The van der Waals surface area contributed by atoms with E-state index in [1.807, 2.05) is 6.92 Å². The van der Waals surface area contributed by atoms with Gasteiger partial charge in [0.25, 0.3) is 5.91 Å². The fourth-order valence-electron chi connectivity index (χ4n) is 4.78. The van der Waals surface area contributed by atoms with Crippen LogP contribution < -0.4 is 5.32 Å². The Morgan fingerprint density at radius 1 is 1.12 bits per heavy atom. The zero-order valence-electron chi connectivity index (χ0n) is 18.7. The first-order chi connectivity index (χ1) is 15.4. The third-order valence-electron chi connectivity index (χ3n) is 6.83. The van der Waals surface area contributed by atoms with Crippen LogP contribution in [-0.4, -0.2) is 41.9 Å². The highest BCUT2D eigenvalue weighted by atomic mass is 35.5. The Labute approximate surface area is 195 Å². The quantitative estimate of drug-likeness (QED) is 0.592. The minimum atomic E-state index is -0.342. The number of piperazine rings is 1. The topological polar surface area (TPSA) is 35.6 Å². The number of amides is 1. The van der Waals surface area contributed by atoms with Crippen LogP contribution >= 0.6 is 11.6 Å². The van der Waals surface area contributed by atoms with Crippen molar-refractivity contribution < 1.29 is 9.18 Å². The average molecular weight is 456 g/mol. The van der Waals surface area contributed by atoms with Crippen LogP contribution in [0.2, 0.25) is 5.02 Å². The number of anilines is 1. The van der Waals surface area contributed by atoms with Gasteiger partial charge in [0.15, 0.2) is 0 Å². The van der Waals surface area contributed by atoms with Gasteiger partial charge in [0, 0.05) is 54.7 Å². The summed E-state index contributed by atoms with van der Waals surface area (Å²) in [6, 6.07) is 9.62. The van der Waals surface area contributed by atoms with Crippen LogP contribution in [0.25, 0.3) is 0 Å². The standard InChI is InChI=1S/C26H31ClFN3O/c1-18-22(17-30-11-13-31(14-12-30)19(2)20-5-3-4-6-20)15-24(28)16-25(18)29-26(32)21-7-9-23(27)10-8-21/h7-10,15-16,20H,2-6,11-14,17H2,1H3,(H,29,32). The van der Waals surface area contributed by atoms with Crippen molar-refractivity contribution >= 4 is 23.2 Å². The zero-order valence-corrected chi connectivity index (χ0v) is 19.4. The Morgan fingerprint density at radius 2 is 1.78 bits per heavy atom. The molecule has 0 aromatic heterocycles. The van der Waals surface area contributed by atoms with Crippen LogP contribution in [0, 0.1) is 18.7 Å². The van der Waals surface area contributed by atoms with Gasteiger partial charge in [0.2, 0.25) is 0 Å². The Kier molecular flexibility index (Phi) is 7.17. The van der Waals surface area contributed by atoms with Gasteiger partial charge in [-0.3, -0.25) is 9.69 Å². The van der Waals surface area contributed by atoms with E-state index in [1.54, 1.807) is 30.3 Å². The van der Waals surface area contributed by atoms with E-state index in [0.717, 1.165) is 37.3 Å². The van der Waals surface area contributed by atoms with Gasteiger partial charge in [0.05, 0.1) is 0 Å². The maximum absolute atomic E-state index is 14.4. The second-order valence-corrected chi connectivity index (χ2v) is 9.37. The second-order valence-electron chi connectivity index (χ2n) is 8.93. The van der Waals surface area contributed by atoms with Crippen molar-refractivity contribution in [2.45, 2.75) is 39.2 Å². The predicted octanol–water partition coefficient (Wildman–Crippen LogP) is 5.86. The summed E-state index contributed by atoms with van der Waals surface area (Å²) in [6.45, 7) is 10.7. The van der Waals surface area contributed by atoms with Gasteiger partial charge in [-0.2, -0.15) is 0 Å². The monoisotopic (exact) mass is 455 g/mol. The fourth-order valence-corrected chi connectivity index (χ4v) is 4.90. The number of carbonyl (C=O) groups excluding carboxylic acids is 1. The number of nitrogens with zero attached hydrogens (tertiary/aromatic N) is 2. The molecule has 0 unspecified atom stereocenters. The SMILES string of the molecule is C=C(C1CCCC1)N1CCN(Cc2cc(F)cc(NC(=O)c3ccc(Cl)cc3)c2C)CC1. The molecule has 1 saturated carbocycles. The Morgan fingerprint density at radius 3 is 2.44 bits per heavy atom. The molecule has 2 aromatic rings. The molecule has 4 rings (SSSR count). The summed E-state index contributed by atoms with van der Waals surface area (Å²) < 4.78 is 14.4. The summed E-state index contributed by atoms with van der Waals surface area (Å²) in [5.41, 5.74) is 4.09. The van der Waals surface area contributed by atoms with E-state index in [0.29, 0.717) is 28.7 Å². The van der Waals surface area contributed by atoms with E-state index in [1.165, 1.54) is 37.4 Å². The molecule has 0 radical (unpaired) electrons. The maximum atomic E-state index is 14.4. The highest BCUT2D eigenvalue weighted by Gasteiger charge is 2.25. The zero-order chi connectivity index (χ0) is 22.7. The van der Waals surface area contributed by atoms with Crippen LogP contribution in [0.5, 0.6) is 0 Å². The van der Waals surface area contributed by atoms with Crippen LogP contribution in [0.4, 0.5) is 10.1 Å². The first-order valence-electron chi connectivity index (χ1n) is 11.4. The normalized spacial score (nSPS) is 17.5. The molecule has 1 amide bonds. The van der Waals surface area contributed by atoms with Gasteiger partial charge in [-0.25, -0.2) is 4.39 Å². The van der Waals surface area contributed by atoms with Crippen molar-refractivity contribution in [3.63, 3.8) is 0 Å². The molecule has 0 bridgehead atoms. The smallest absolute Gasteiger partial charge is 0.255 e. The van der Waals surface area contributed by atoms with Gasteiger partial charge in [-0.1, -0.05) is 31.0 Å². The highest BCUT2D eigenvalue weighted by molar-refractivity contribution is 6.30. The summed E-state index contributed by atoms with van der Waals surface area (Å²) >= 11 is 5.90. The Bertz CT molecular complexity index is 977. The van der Waals surface area contributed by atoms with Gasteiger partial charge >= 0.3 is 0 Å². The highest BCUT2D eigenvalue weighted by Crippen LogP contribution is 2.32. The largest absolute Gasteiger partial charge is 0.372 e. The van der Waals surface area contributed by atoms with E-state index in [2.05, 4.69) is 21.7 Å². The van der Waals surface area contributed by atoms with Crippen molar-refractivity contribution in [2.75, 3.05) is 31.5 Å². The van der Waals surface area contributed by atoms with Gasteiger partial charge in [0.1, 0.15) is 5.82 Å². The molecule has 0 spiro atoms. The van der Waals surface area contributed by atoms with Crippen LogP contribution in [0.3, 0.4) is 0 Å². The van der Waals surface area contributed by atoms with Crippen molar-refractivity contribution in [1.82, 2.24) is 9.80 Å². The molecule has 1 aliphatic heterocycles. The lowest BCUT2D eigenvalue weighted by Crippen LogP contribution is -2.46. The number of carbonyl (C=O) groups is 1. The number of rotatable bonds is 6. The summed E-state index contributed by atoms with van der Waals surface area (Å²) in [5, 5.41) is 3.42. The molecule has 170 valence electrons. The van der Waals surface area contributed by atoms with Gasteiger partial charge in [-0.05, 0) is 73.2 Å². The molecule has 2 aromatic carbocycles. The van der Waals surface area contributed by atoms with E-state index < -0.39 is 0 Å². The van der Waals surface area contributed by atoms with E-state index in [4.69, 9.17) is 11.6 Å². The maximum Gasteiger partial charge on any atom is 0.255 e. The molecule has 0 atom stereocenters. The molecule has 6 heteroatoms. The second kappa shape index (κ2) is 10.1. The third-order valence-corrected chi connectivity index (χ3v) is 7.09. The average Bonchev–Trinajstić information content (AvgIpc) is 3.32. The number of allylic oxidation sites excluding steroid dienone is 1. The van der Waals surface area contributed by atoms with Crippen LogP contribution in [0.15, 0.2) is 48.7 Å². The molecule has 2 fully saturated rings. The van der Waals surface area contributed by atoms with E-state index in [-0.39, 0.29) is 11.7 Å². The summed E-state index contributed by atoms with van der Waals surface area (Å²) in [4.78, 5) is 17.4. The van der Waals surface area contributed by atoms with Crippen LogP contribution in [0.1, 0.15) is 47.2 Å². The van der Waals surface area contributed by atoms with Crippen molar-refractivity contribution in [3.8, 4) is 0 Å². The number of halogens is 2. The molecule has 1 heterocycles. The van der Waals surface area contributed by atoms with Crippen molar-refractivity contribution in [3.05, 3.63) is 76.2 Å². The van der Waals surface area contributed by atoms with Crippen molar-refractivity contribution in [2.24, 2.45) is 5.92 Å². The number of nitrogens with one attached hydrogen (secondary N) is 1. The summed E-state index contributed by atoms with van der Waals surface area (Å²) in [5.74, 6) is 0.0319. The van der Waals surface area contributed by atoms with Gasteiger partial charge < -0.3 is 10.2 Å². The molecule has 32 heavy (non-hydrogen) atoms. The first-order valence-corrected chi connectivity index (χ1v) is 11.8. The first kappa shape index (κ1) is 22.8. The minimum Gasteiger partial charge on any atom is -0.372 e. The van der Waals surface area contributed by atoms with E-state index >= 15 is 0 Å². The molecule has 1 aliphatic carbocycles. The lowest BCUT2D eigenvalue weighted by molar-refractivity contribution is 0.102. The molecule has 1 saturated heterocycles. The third kappa shape index (κ3) is 5.33. The molecule has 2 aliphatic rings. The predicted molar refractivity (Wildman–Crippen MR) is 128 cm³/mol. The summed E-state index contributed by atoms with van der Waals surface area (Å²) in [7, 11) is 0. The minimum absolute atomic E-state index is 0.277. The number of benzene rings is 2. The molecular weight excluding hydrogens is 425 g/mol. The Balaban J connectivity index is 1.39. The van der Waals surface area contributed by atoms with Gasteiger partial charge in [-0.15, -0.1) is 0 Å². The molecule has 1 N–H and O–H groups in total. The lowest BCUT2D eigenvalue weighted by Gasteiger charge is -2.39. The fraction of sp³-hybridized carbons (Fsp3) is 0.423. The van der Waals surface area contributed by atoms with Crippen molar-refractivity contribution in [1.29, 1.82) is 0 Å². The number of hydrogen-bond acceptors (Lipinski definition) is 3. The number of hydrogen-bond donors (Lipinski definition) is 1. The Hall–Kier alpha value is -2.37. The summed E-state index contributed by atoms with van der Waals surface area (Å²) in [6.07, 6.45) is 5.18.